The first-order valence-corrected chi connectivity index (χ1v) is 6.14. The molecule has 0 unspecified atom stereocenters. The van der Waals surface area contributed by atoms with Crippen LogP contribution in [0.4, 0.5) is 4.79 Å². The Bertz CT molecular complexity index is 229. The molecule has 0 heterocycles. The van der Waals surface area contributed by atoms with Crippen LogP contribution in [0.1, 0.15) is 46.5 Å². The summed E-state index contributed by atoms with van der Waals surface area (Å²) >= 11 is 3.54. The highest BCUT2D eigenvalue weighted by Crippen LogP contribution is 2.32. The van der Waals surface area contributed by atoms with Crippen molar-refractivity contribution >= 4 is 22.0 Å². The van der Waals surface area contributed by atoms with Gasteiger partial charge in [0.15, 0.2) is 0 Å². The summed E-state index contributed by atoms with van der Waals surface area (Å²) in [6, 6.07) is 0. The first-order chi connectivity index (χ1) is 6.81. The first kappa shape index (κ1) is 12.8. The van der Waals surface area contributed by atoms with Gasteiger partial charge >= 0.3 is 6.09 Å². The quantitative estimate of drug-likeness (QED) is 0.589. The Morgan fingerprint density at radius 2 is 2.13 bits per heavy atom. The van der Waals surface area contributed by atoms with Crippen LogP contribution in [0.25, 0.3) is 0 Å². The lowest BCUT2D eigenvalue weighted by atomic mass is 9.95. The summed E-state index contributed by atoms with van der Waals surface area (Å²) in [5, 5.41) is 2.85. The molecule has 4 heteroatoms. The highest BCUT2D eigenvalue weighted by atomic mass is 79.9. The van der Waals surface area contributed by atoms with Gasteiger partial charge in [-0.1, -0.05) is 28.8 Å². The van der Waals surface area contributed by atoms with Crippen molar-refractivity contribution in [3.63, 3.8) is 0 Å². The molecule has 15 heavy (non-hydrogen) atoms. The van der Waals surface area contributed by atoms with Gasteiger partial charge < -0.3 is 10.1 Å². The van der Waals surface area contributed by atoms with Crippen LogP contribution in [0.3, 0.4) is 0 Å². The number of rotatable bonds is 1. The van der Waals surface area contributed by atoms with E-state index in [1.54, 1.807) is 0 Å². The minimum Gasteiger partial charge on any atom is -0.444 e. The van der Waals surface area contributed by atoms with Crippen molar-refractivity contribution in [2.75, 3.05) is 0 Å². The molecule has 1 rings (SSSR count). The summed E-state index contributed by atoms with van der Waals surface area (Å²) in [7, 11) is 0. The van der Waals surface area contributed by atoms with Crippen LogP contribution in [-0.2, 0) is 4.74 Å². The maximum absolute atomic E-state index is 11.5. The maximum Gasteiger partial charge on any atom is 0.408 e. The standard InChI is InChI=1S/C11H19BrNO2/c1-10(2,3)15-9(14)13-11(12)7-5-4-6-8-11/h7H,4-6,8H2,1-3H3,(H,13,14)/t11-/m0/s1. The lowest BCUT2D eigenvalue weighted by molar-refractivity contribution is 0.0497. The molecular formula is C11H19BrNO2. The number of halogens is 1. The molecule has 1 amide bonds. The van der Waals surface area contributed by atoms with Gasteiger partial charge in [-0.15, -0.1) is 0 Å². The number of ether oxygens (including phenoxy) is 1. The molecule has 0 saturated heterocycles. The lowest BCUT2D eigenvalue weighted by Gasteiger charge is -2.33. The minimum absolute atomic E-state index is 0.363. The molecule has 0 spiro atoms. The fourth-order valence-corrected chi connectivity index (χ4v) is 2.22. The highest BCUT2D eigenvalue weighted by Gasteiger charge is 2.32. The molecule has 1 aliphatic carbocycles. The predicted molar refractivity (Wildman–Crippen MR) is 63.8 cm³/mol. The van der Waals surface area contributed by atoms with Gasteiger partial charge in [0.05, 0.1) is 0 Å². The van der Waals surface area contributed by atoms with Crippen molar-refractivity contribution in [1.82, 2.24) is 5.32 Å². The van der Waals surface area contributed by atoms with Gasteiger partial charge in [-0.2, -0.15) is 0 Å². The molecule has 1 aliphatic rings. The number of carbonyl (C=O) groups excluding carboxylic acids is 1. The van der Waals surface area contributed by atoms with Crippen molar-refractivity contribution in [3.05, 3.63) is 6.42 Å². The summed E-state index contributed by atoms with van der Waals surface area (Å²) in [5.41, 5.74) is -0.442. The second-order valence-corrected chi connectivity index (χ2v) is 6.35. The number of carbonyl (C=O) groups is 1. The second-order valence-electron chi connectivity index (χ2n) is 4.94. The van der Waals surface area contributed by atoms with E-state index in [1.165, 1.54) is 6.42 Å². The Hall–Kier alpha value is -0.250. The normalized spacial score (nSPS) is 20.8. The minimum atomic E-state index is -0.442. The molecule has 0 aromatic carbocycles. The van der Waals surface area contributed by atoms with Crippen molar-refractivity contribution < 1.29 is 9.53 Å². The largest absolute Gasteiger partial charge is 0.444 e. The van der Waals surface area contributed by atoms with Crippen LogP contribution in [-0.4, -0.2) is 16.1 Å². The summed E-state index contributed by atoms with van der Waals surface area (Å²) in [5.74, 6) is 0. The van der Waals surface area contributed by atoms with Gasteiger partial charge in [-0.3, -0.25) is 0 Å². The van der Waals surface area contributed by atoms with Crippen molar-refractivity contribution in [2.24, 2.45) is 0 Å². The molecule has 1 N–H and O–H groups in total. The van der Waals surface area contributed by atoms with Crippen LogP contribution >= 0.6 is 15.9 Å². The Kier molecular flexibility index (Phi) is 4.04. The number of amides is 1. The number of hydrogen-bond donors (Lipinski definition) is 1. The summed E-state index contributed by atoms with van der Waals surface area (Å²) < 4.78 is 4.84. The van der Waals surface area contributed by atoms with E-state index in [0.29, 0.717) is 0 Å². The second kappa shape index (κ2) is 4.73. The first-order valence-electron chi connectivity index (χ1n) is 5.35. The van der Waals surface area contributed by atoms with Gasteiger partial charge in [0.2, 0.25) is 0 Å². The lowest BCUT2D eigenvalue weighted by Crippen LogP contribution is -2.47. The molecule has 0 aromatic heterocycles. The van der Waals surface area contributed by atoms with Crippen LogP contribution < -0.4 is 5.32 Å². The molecule has 87 valence electrons. The molecule has 0 bridgehead atoms. The molecule has 0 aliphatic heterocycles. The highest BCUT2D eigenvalue weighted by molar-refractivity contribution is 9.10. The molecule has 1 fully saturated rings. The summed E-state index contributed by atoms with van der Waals surface area (Å²) in [6.45, 7) is 5.58. The molecule has 0 aromatic rings. The van der Waals surface area contributed by atoms with E-state index in [2.05, 4.69) is 27.7 Å². The number of alkyl halides is 1. The third kappa shape index (κ3) is 4.87. The Balaban J connectivity index is 2.42. The van der Waals surface area contributed by atoms with E-state index in [9.17, 15) is 4.79 Å². The van der Waals surface area contributed by atoms with E-state index in [-0.39, 0.29) is 10.5 Å². The topological polar surface area (TPSA) is 38.3 Å². The zero-order valence-electron chi connectivity index (χ0n) is 9.60. The van der Waals surface area contributed by atoms with Gasteiger partial charge in [0.1, 0.15) is 10.0 Å². The molecule has 1 atom stereocenters. The van der Waals surface area contributed by atoms with E-state index in [1.807, 2.05) is 20.8 Å². The van der Waals surface area contributed by atoms with Crippen molar-refractivity contribution in [2.45, 2.75) is 56.5 Å². The number of hydrogen-bond acceptors (Lipinski definition) is 2. The van der Waals surface area contributed by atoms with E-state index < -0.39 is 5.60 Å². The van der Waals surface area contributed by atoms with E-state index in [0.717, 1.165) is 19.3 Å². The zero-order chi connectivity index (χ0) is 11.5. The fourth-order valence-electron chi connectivity index (χ4n) is 1.55. The smallest absolute Gasteiger partial charge is 0.408 e. The Labute approximate surface area is 100 Å². The average Bonchev–Trinajstić information content (AvgIpc) is 1.99. The van der Waals surface area contributed by atoms with Gasteiger partial charge in [0.25, 0.3) is 0 Å². The van der Waals surface area contributed by atoms with Crippen molar-refractivity contribution in [3.8, 4) is 0 Å². The maximum atomic E-state index is 11.5. The van der Waals surface area contributed by atoms with Gasteiger partial charge in [0, 0.05) is 0 Å². The third-order valence-electron chi connectivity index (χ3n) is 2.17. The van der Waals surface area contributed by atoms with E-state index in [4.69, 9.17) is 4.74 Å². The molecular weight excluding hydrogens is 258 g/mol. The predicted octanol–water partition coefficient (Wildman–Crippen LogP) is 3.38. The van der Waals surface area contributed by atoms with E-state index >= 15 is 0 Å². The number of nitrogens with one attached hydrogen (secondary N) is 1. The van der Waals surface area contributed by atoms with Crippen LogP contribution in [0.15, 0.2) is 0 Å². The summed E-state index contributed by atoms with van der Waals surface area (Å²) in [6.07, 6.45) is 6.01. The molecule has 1 saturated carbocycles. The molecule has 1 radical (unpaired) electrons. The fraction of sp³-hybridized carbons (Fsp3) is 0.818. The van der Waals surface area contributed by atoms with Crippen LogP contribution in [0.2, 0.25) is 0 Å². The number of alkyl carbamates (subject to hydrolysis) is 1. The SMILES string of the molecule is CC(C)(C)OC(=O)N[C@@]1(Br)[CH]CCCC1. The Morgan fingerprint density at radius 3 is 2.60 bits per heavy atom. The van der Waals surface area contributed by atoms with Crippen LogP contribution in [0.5, 0.6) is 0 Å². The zero-order valence-corrected chi connectivity index (χ0v) is 11.2. The van der Waals surface area contributed by atoms with Crippen LogP contribution in [0, 0.1) is 6.42 Å². The monoisotopic (exact) mass is 276 g/mol. The molecule has 3 nitrogen and oxygen atoms in total. The van der Waals surface area contributed by atoms with Gasteiger partial charge in [-0.05, 0) is 40.0 Å². The average molecular weight is 277 g/mol. The van der Waals surface area contributed by atoms with Crippen molar-refractivity contribution in [1.29, 1.82) is 0 Å². The van der Waals surface area contributed by atoms with Gasteiger partial charge in [-0.25, -0.2) is 4.79 Å². The third-order valence-corrected chi connectivity index (χ3v) is 3.09. The Morgan fingerprint density at radius 1 is 1.47 bits per heavy atom. The summed E-state index contributed by atoms with van der Waals surface area (Å²) in [4.78, 5) is 11.5.